The summed E-state index contributed by atoms with van der Waals surface area (Å²) in [7, 11) is 0. The first kappa shape index (κ1) is 16.0. The number of nitrogens with zero attached hydrogens (tertiary/aromatic N) is 2. The van der Waals surface area contributed by atoms with E-state index in [1.54, 1.807) is 11.3 Å². The number of hydrogen-bond acceptors (Lipinski definition) is 3. The first-order chi connectivity index (χ1) is 10.7. The molecule has 122 valence electrons. The highest BCUT2D eigenvalue weighted by Gasteiger charge is 2.28. The number of carbonyl (C=O) groups is 1. The molecule has 3 nitrogen and oxygen atoms in total. The summed E-state index contributed by atoms with van der Waals surface area (Å²) in [6.45, 7) is 8.73. The van der Waals surface area contributed by atoms with E-state index >= 15 is 0 Å². The van der Waals surface area contributed by atoms with Crippen molar-refractivity contribution in [3.63, 3.8) is 0 Å². The van der Waals surface area contributed by atoms with Crippen molar-refractivity contribution in [1.29, 1.82) is 0 Å². The summed E-state index contributed by atoms with van der Waals surface area (Å²) in [5.74, 6) is 0.690. The summed E-state index contributed by atoms with van der Waals surface area (Å²) in [6, 6.07) is 2.82. The maximum Gasteiger partial charge on any atom is 0.264 e. The number of carbonyl (C=O) groups excluding carboxylic acids is 1. The molecule has 0 unspecified atom stereocenters. The van der Waals surface area contributed by atoms with Crippen LogP contribution in [0.15, 0.2) is 11.4 Å². The molecule has 0 aliphatic carbocycles. The van der Waals surface area contributed by atoms with Gasteiger partial charge in [0.2, 0.25) is 0 Å². The van der Waals surface area contributed by atoms with Gasteiger partial charge in [0, 0.05) is 19.1 Å². The van der Waals surface area contributed by atoms with Gasteiger partial charge in [-0.05, 0) is 68.1 Å². The van der Waals surface area contributed by atoms with Crippen molar-refractivity contribution >= 4 is 17.2 Å². The lowest BCUT2D eigenvalue weighted by Gasteiger charge is -2.26. The highest BCUT2D eigenvalue weighted by molar-refractivity contribution is 7.12. The van der Waals surface area contributed by atoms with Gasteiger partial charge in [0.25, 0.3) is 5.91 Å². The lowest BCUT2D eigenvalue weighted by atomic mass is 10.0. The second kappa shape index (κ2) is 7.14. The molecule has 0 radical (unpaired) electrons. The van der Waals surface area contributed by atoms with Crippen LogP contribution in [0.2, 0.25) is 0 Å². The Morgan fingerprint density at radius 2 is 1.91 bits per heavy atom. The summed E-state index contributed by atoms with van der Waals surface area (Å²) >= 11 is 1.61. The van der Waals surface area contributed by atoms with Gasteiger partial charge in [0.15, 0.2) is 0 Å². The van der Waals surface area contributed by atoms with Gasteiger partial charge in [-0.15, -0.1) is 11.3 Å². The molecule has 1 amide bonds. The topological polar surface area (TPSA) is 23.6 Å². The van der Waals surface area contributed by atoms with Gasteiger partial charge in [-0.3, -0.25) is 4.79 Å². The molecule has 3 rings (SSSR count). The summed E-state index contributed by atoms with van der Waals surface area (Å²) in [6.07, 6.45) is 6.26. The first-order valence-corrected chi connectivity index (χ1v) is 9.65. The van der Waals surface area contributed by atoms with E-state index in [0.717, 1.165) is 30.8 Å². The van der Waals surface area contributed by atoms with Gasteiger partial charge in [-0.2, -0.15) is 0 Å². The zero-order valence-corrected chi connectivity index (χ0v) is 14.7. The van der Waals surface area contributed by atoms with E-state index < -0.39 is 0 Å². The van der Waals surface area contributed by atoms with Crippen LogP contribution in [0, 0.1) is 0 Å². The smallest absolute Gasteiger partial charge is 0.264 e. The minimum atomic E-state index is 0.265. The Morgan fingerprint density at radius 3 is 2.64 bits per heavy atom. The number of thiophene rings is 1. The number of likely N-dealkylation sites (tertiary alicyclic amines) is 2. The van der Waals surface area contributed by atoms with Gasteiger partial charge in [0.05, 0.1) is 4.88 Å². The zero-order chi connectivity index (χ0) is 15.5. The van der Waals surface area contributed by atoms with Crippen LogP contribution in [0.25, 0.3) is 0 Å². The van der Waals surface area contributed by atoms with Crippen molar-refractivity contribution in [1.82, 2.24) is 9.80 Å². The molecule has 3 heterocycles. The highest BCUT2D eigenvalue weighted by atomic mass is 32.1. The molecule has 0 aromatic carbocycles. The van der Waals surface area contributed by atoms with Gasteiger partial charge in [-0.25, -0.2) is 0 Å². The minimum Gasteiger partial charge on any atom is -0.338 e. The lowest BCUT2D eigenvalue weighted by Crippen LogP contribution is -2.35. The third-order valence-electron chi connectivity index (χ3n) is 5.15. The third kappa shape index (κ3) is 3.38. The minimum absolute atomic E-state index is 0.265. The van der Waals surface area contributed by atoms with E-state index in [0.29, 0.717) is 12.0 Å². The quantitative estimate of drug-likeness (QED) is 0.841. The average Bonchev–Trinajstić information content (AvgIpc) is 3.14. The van der Waals surface area contributed by atoms with Crippen LogP contribution in [0.1, 0.15) is 67.1 Å². The molecule has 1 aromatic heterocycles. The van der Waals surface area contributed by atoms with Gasteiger partial charge in [-0.1, -0.05) is 13.8 Å². The van der Waals surface area contributed by atoms with Crippen molar-refractivity contribution in [2.45, 2.75) is 57.9 Å². The van der Waals surface area contributed by atoms with Crippen molar-refractivity contribution < 1.29 is 4.79 Å². The molecule has 2 aliphatic rings. The fourth-order valence-corrected chi connectivity index (χ4v) is 4.87. The molecule has 1 aromatic rings. The predicted molar refractivity (Wildman–Crippen MR) is 92.8 cm³/mol. The Hall–Kier alpha value is -0.870. The molecular formula is C18H28N2OS. The van der Waals surface area contributed by atoms with Crippen LogP contribution >= 0.6 is 11.3 Å². The monoisotopic (exact) mass is 320 g/mol. The fourth-order valence-electron chi connectivity index (χ4n) is 3.84. The zero-order valence-electron chi connectivity index (χ0n) is 13.9. The SMILES string of the molecule is CC(C)c1ccsc1C(=O)N1CCC[C@H](N2CCCC2)CC1. The fraction of sp³-hybridized carbons (Fsp3) is 0.722. The van der Waals surface area contributed by atoms with Crippen molar-refractivity contribution in [2.75, 3.05) is 26.2 Å². The summed E-state index contributed by atoms with van der Waals surface area (Å²) in [5, 5.41) is 2.06. The van der Waals surface area contributed by atoms with E-state index in [4.69, 9.17) is 0 Å². The molecule has 2 fully saturated rings. The summed E-state index contributed by atoms with van der Waals surface area (Å²) in [4.78, 5) is 18.6. The van der Waals surface area contributed by atoms with Crippen molar-refractivity contribution in [2.24, 2.45) is 0 Å². The van der Waals surface area contributed by atoms with Crippen LogP contribution in [-0.2, 0) is 0 Å². The van der Waals surface area contributed by atoms with Gasteiger partial charge in [0.1, 0.15) is 0 Å². The maximum atomic E-state index is 12.9. The Balaban J connectivity index is 1.65. The second-order valence-electron chi connectivity index (χ2n) is 6.98. The molecule has 2 aliphatic heterocycles. The molecule has 0 saturated carbocycles. The Morgan fingerprint density at radius 1 is 1.14 bits per heavy atom. The maximum absolute atomic E-state index is 12.9. The van der Waals surface area contributed by atoms with E-state index in [-0.39, 0.29) is 5.91 Å². The second-order valence-corrected chi connectivity index (χ2v) is 7.90. The molecule has 4 heteroatoms. The number of rotatable bonds is 3. The Kier molecular flexibility index (Phi) is 5.19. The van der Waals surface area contributed by atoms with Crippen molar-refractivity contribution in [3.8, 4) is 0 Å². The summed E-state index contributed by atoms with van der Waals surface area (Å²) < 4.78 is 0. The lowest BCUT2D eigenvalue weighted by molar-refractivity contribution is 0.0761. The predicted octanol–water partition coefficient (Wildman–Crippen LogP) is 3.96. The third-order valence-corrected chi connectivity index (χ3v) is 6.07. The first-order valence-electron chi connectivity index (χ1n) is 8.77. The van der Waals surface area contributed by atoms with Crippen LogP contribution in [0.5, 0.6) is 0 Å². The van der Waals surface area contributed by atoms with E-state index in [1.807, 2.05) is 0 Å². The molecule has 2 saturated heterocycles. The number of hydrogen-bond donors (Lipinski definition) is 0. The molecule has 0 spiro atoms. The van der Waals surface area contributed by atoms with Crippen LogP contribution in [0.4, 0.5) is 0 Å². The van der Waals surface area contributed by atoms with Crippen LogP contribution in [0.3, 0.4) is 0 Å². The van der Waals surface area contributed by atoms with Gasteiger partial charge < -0.3 is 9.80 Å². The van der Waals surface area contributed by atoms with Gasteiger partial charge >= 0.3 is 0 Å². The Labute approximate surface area is 138 Å². The molecule has 22 heavy (non-hydrogen) atoms. The molecule has 0 N–H and O–H groups in total. The standard InChI is InChI=1S/C18H28N2OS/c1-14(2)16-8-13-22-17(16)18(21)20-11-5-6-15(7-12-20)19-9-3-4-10-19/h8,13-15H,3-7,9-12H2,1-2H3/t15-/m0/s1. The van der Waals surface area contributed by atoms with E-state index in [2.05, 4.69) is 35.1 Å². The highest BCUT2D eigenvalue weighted by Crippen LogP contribution is 2.28. The summed E-state index contributed by atoms with van der Waals surface area (Å²) in [5.41, 5.74) is 1.22. The van der Waals surface area contributed by atoms with E-state index in [9.17, 15) is 4.79 Å². The molecule has 1 atom stereocenters. The van der Waals surface area contributed by atoms with E-state index in [1.165, 1.54) is 37.9 Å². The largest absolute Gasteiger partial charge is 0.338 e. The molecular weight excluding hydrogens is 292 g/mol. The van der Waals surface area contributed by atoms with Crippen molar-refractivity contribution in [3.05, 3.63) is 21.9 Å². The normalized spacial score (nSPS) is 24.0. The van der Waals surface area contributed by atoms with Crippen LogP contribution in [-0.4, -0.2) is 47.9 Å². The molecule has 0 bridgehead atoms. The average molecular weight is 321 g/mol. The Bertz CT molecular complexity index is 505. The van der Waals surface area contributed by atoms with Crippen LogP contribution < -0.4 is 0 Å². The number of amides is 1.